The van der Waals surface area contributed by atoms with Gasteiger partial charge in [-0.15, -0.1) is 0 Å². The van der Waals surface area contributed by atoms with Crippen molar-refractivity contribution in [1.29, 1.82) is 0 Å². The molecule has 3 rings (SSSR count). The third-order valence-electron chi connectivity index (χ3n) is 6.71. The molecule has 0 unspecified atom stereocenters. The molecule has 1 fully saturated rings. The number of nitrogens with zero attached hydrogens (tertiary/aromatic N) is 2. The molecular weight excluding hydrogens is 531 g/mol. The van der Waals surface area contributed by atoms with E-state index in [0.717, 1.165) is 0 Å². The first-order chi connectivity index (χ1) is 17.3. The number of methoxy groups -OCH3 is 1. The van der Waals surface area contributed by atoms with Gasteiger partial charge in [0.15, 0.2) is 5.69 Å². The van der Waals surface area contributed by atoms with Crippen molar-refractivity contribution in [3.05, 3.63) is 34.5 Å². The van der Waals surface area contributed by atoms with Gasteiger partial charge in [0.2, 0.25) is 0 Å². The van der Waals surface area contributed by atoms with E-state index in [-0.39, 0.29) is 28.3 Å². The van der Waals surface area contributed by atoms with Crippen LogP contribution in [0.5, 0.6) is 5.75 Å². The minimum Gasteiger partial charge on any atom is -0.496 e. The summed E-state index contributed by atoms with van der Waals surface area (Å²) < 4.78 is 68.6. The summed E-state index contributed by atoms with van der Waals surface area (Å²) in [5.41, 5.74) is 1.52. The molecule has 1 saturated carbocycles. The zero-order valence-electron chi connectivity index (χ0n) is 21.2. The molecule has 0 spiro atoms. The second-order valence-electron chi connectivity index (χ2n) is 9.57. The molecule has 1 N–H and O–H groups in total. The molecule has 206 valence electrons. The molecule has 1 aromatic heterocycles. The normalized spacial score (nSPS) is 18.6. The Kier molecular flexibility index (Phi) is 9.55. The maximum absolute atomic E-state index is 13.0. The first-order valence-corrected chi connectivity index (χ1v) is 14.6. The summed E-state index contributed by atoms with van der Waals surface area (Å²) in [6.45, 7) is 2.80. The van der Waals surface area contributed by atoms with Crippen molar-refractivity contribution in [1.82, 2.24) is 15.1 Å². The summed E-state index contributed by atoms with van der Waals surface area (Å²) >= 11 is 6.66. The van der Waals surface area contributed by atoms with Crippen LogP contribution >= 0.6 is 11.6 Å². The second-order valence-corrected chi connectivity index (χ2v) is 12.3. The van der Waals surface area contributed by atoms with E-state index in [9.17, 15) is 26.4 Å². The molecule has 0 atom stereocenters. The van der Waals surface area contributed by atoms with Crippen LogP contribution in [-0.4, -0.2) is 55.4 Å². The van der Waals surface area contributed by atoms with E-state index in [0.29, 0.717) is 67.8 Å². The van der Waals surface area contributed by atoms with Gasteiger partial charge in [0.05, 0.1) is 23.1 Å². The molecule has 1 aromatic carbocycles. The number of rotatable bonds is 10. The Hall–Kier alpha value is -2.27. The van der Waals surface area contributed by atoms with Gasteiger partial charge in [-0.25, -0.2) is 8.42 Å². The van der Waals surface area contributed by atoms with E-state index < -0.39 is 28.3 Å². The highest BCUT2D eigenvalue weighted by atomic mass is 35.5. The second kappa shape index (κ2) is 12.1. The van der Waals surface area contributed by atoms with E-state index in [1.165, 1.54) is 13.4 Å². The van der Waals surface area contributed by atoms with Crippen LogP contribution in [0.4, 0.5) is 13.2 Å². The van der Waals surface area contributed by atoms with Gasteiger partial charge in [-0.1, -0.05) is 24.6 Å². The molecule has 1 heterocycles. The predicted octanol–water partition coefficient (Wildman–Crippen LogP) is 5.45. The van der Waals surface area contributed by atoms with E-state index in [4.69, 9.17) is 16.3 Å². The summed E-state index contributed by atoms with van der Waals surface area (Å²) in [5.74, 6) is 0.0720. The third-order valence-corrected chi connectivity index (χ3v) is 8.75. The molecule has 0 bridgehead atoms. The van der Waals surface area contributed by atoms with Crippen LogP contribution in [0.3, 0.4) is 0 Å². The highest BCUT2D eigenvalue weighted by molar-refractivity contribution is 7.91. The number of ether oxygens (including phenoxy) is 1. The van der Waals surface area contributed by atoms with E-state index in [1.807, 2.05) is 6.92 Å². The molecule has 1 aliphatic rings. The maximum Gasteiger partial charge on any atom is 0.389 e. The minimum absolute atomic E-state index is 0.0538. The largest absolute Gasteiger partial charge is 0.496 e. The lowest BCUT2D eigenvalue weighted by Crippen LogP contribution is -2.34. The fourth-order valence-corrected chi connectivity index (χ4v) is 6.13. The Labute approximate surface area is 220 Å². The van der Waals surface area contributed by atoms with Crippen molar-refractivity contribution < 1.29 is 31.1 Å². The average molecular weight is 564 g/mol. The quantitative estimate of drug-likeness (QED) is 0.415. The summed E-state index contributed by atoms with van der Waals surface area (Å²) in [6, 6.07) is 4.78. The van der Waals surface area contributed by atoms with Crippen LogP contribution in [0.2, 0.25) is 5.02 Å². The number of alkyl halides is 3. The number of hydrogen-bond donors (Lipinski definition) is 1. The fourth-order valence-electron chi connectivity index (χ4n) is 4.67. The number of hydrogen-bond acceptors (Lipinski definition) is 5. The zero-order chi connectivity index (χ0) is 27.4. The maximum atomic E-state index is 13.0. The Morgan fingerprint density at radius 2 is 1.92 bits per heavy atom. The number of benzene rings is 1. The Bertz CT molecular complexity index is 1210. The number of nitrogens with one attached hydrogen (secondary N) is 1. The number of amides is 1. The lowest BCUT2D eigenvalue weighted by atomic mass is 9.89. The van der Waals surface area contributed by atoms with Crippen LogP contribution in [0.25, 0.3) is 11.3 Å². The van der Waals surface area contributed by atoms with Gasteiger partial charge in [-0.2, -0.15) is 18.3 Å². The Morgan fingerprint density at radius 1 is 1.24 bits per heavy atom. The molecule has 2 aromatic rings. The van der Waals surface area contributed by atoms with Crippen molar-refractivity contribution in [2.75, 3.05) is 19.9 Å². The van der Waals surface area contributed by atoms with Crippen LogP contribution in [0.15, 0.2) is 18.2 Å². The van der Waals surface area contributed by atoms with Crippen LogP contribution in [-0.2, 0) is 22.8 Å². The molecule has 7 nitrogen and oxygen atoms in total. The first kappa shape index (κ1) is 29.3. The highest BCUT2D eigenvalue weighted by Crippen LogP contribution is 2.38. The third kappa shape index (κ3) is 7.63. The molecule has 1 aliphatic carbocycles. The average Bonchev–Trinajstić information content (AvgIpc) is 3.16. The van der Waals surface area contributed by atoms with E-state index in [2.05, 4.69) is 10.4 Å². The number of aryl methyl sites for hydroxylation is 2. The Morgan fingerprint density at radius 3 is 2.49 bits per heavy atom. The fraction of sp³-hybridized carbons (Fsp3) is 0.600. The van der Waals surface area contributed by atoms with Crippen LogP contribution in [0, 0.1) is 5.92 Å². The number of carbonyl (C=O) groups excluding carboxylic acids is 1. The van der Waals surface area contributed by atoms with Crippen molar-refractivity contribution in [3.8, 4) is 17.0 Å². The molecule has 0 radical (unpaired) electrons. The lowest BCUT2D eigenvalue weighted by molar-refractivity contribution is -0.134. The van der Waals surface area contributed by atoms with Crippen molar-refractivity contribution in [2.24, 2.45) is 5.92 Å². The van der Waals surface area contributed by atoms with Crippen LogP contribution < -0.4 is 10.1 Å². The van der Waals surface area contributed by atoms with Crippen LogP contribution in [0.1, 0.15) is 61.5 Å². The van der Waals surface area contributed by atoms with Gasteiger partial charge < -0.3 is 10.1 Å². The summed E-state index contributed by atoms with van der Waals surface area (Å²) in [5, 5.41) is 7.13. The minimum atomic E-state index is -4.26. The topological polar surface area (TPSA) is 90.3 Å². The van der Waals surface area contributed by atoms with Crippen molar-refractivity contribution in [2.45, 2.75) is 69.8 Å². The van der Waals surface area contributed by atoms with E-state index in [1.54, 1.807) is 22.9 Å². The molecule has 37 heavy (non-hydrogen) atoms. The van der Waals surface area contributed by atoms with E-state index >= 15 is 0 Å². The number of carbonyl (C=O) groups is 1. The Balaban J connectivity index is 1.79. The zero-order valence-corrected chi connectivity index (χ0v) is 22.8. The smallest absolute Gasteiger partial charge is 0.389 e. The molecule has 12 heteroatoms. The summed E-state index contributed by atoms with van der Waals surface area (Å²) in [6.07, 6.45) is -0.838. The SMILES string of the molecule is CCCn1nc(C(=O)NCC2CCC(S(C)(=O)=O)CC2)c(Cl)c1-c1ccc(CCC(F)(F)F)cc1OC. The number of aromatic nitrogens is 2. The summed E-state index contributed by atoms with van der Waals surface area (Å²) in [7, 11) is -1.64. The van der Waals surface area contributed by atoms with Gasteiger partial charge in [0.1, 0.15) is 15.6 Å². The van der Waals surface area contributed by atoms with Gasteiger partial charge in [-0.3, -0.25) is 9.48 Å². The van der Waals surface area contributed by atoms with Gasteiger partial charge >= 0.3 is 6.18 Å². The predicted molar refractivity (Wildman–Crippen MR) is 137 cm³/mol. The standard InChI is InChI=1S/C25H33ClF3N3O4S/c1-4-13-32-23(19-10-7-16(14-20(19)36-2)11-12-25(27,28)29)21(26)22(31-32)24(33)30-15-17-5-8-18(9-6-17)37(3,34)35/h7,10,14,17-18H,4-6,8-9,11-13,15H2,1-3H3,(H,30,33). The van der Waals surface area contributed by atoms with Gasteiger partial charge in [-0.05, 0) is 62.1 Å². The monoisotopic (exact) mass is 563 g/mol. The van der Waals surface area contributed by atoms with Crippen molar-refractivity contribution >= 4 is 27.3 Å². The molecule has 0 saturated heterocycles. The highest BCUT2D eigenvalue weighted by Gasteiger charge is 2.30. The first-order valence-electron chi connectivity index (χ1n) is 12.3. The van der Waals surface area contributed by atoms with Gasteiger partial charge in [0, 0.05) is 31.3 Å². The molecular formula is C25H33ClF3N3O4S. The van der Waals surface area contributed by atoms with Gasteiger partial charge in [0.25, 0.3) is 5.91 Å². The summed E-state index contributed by atoms with van der Waals surface area (Å²) in [4.78, 5) is 13.0. The van der Waals surface area contributed by atoms with Crippen molar-refractivity contribution in [3.63, 3.8) is 0 Å². The molecule has 1 amide bonds. The number of halogens is 4. The lowest BCUT2D eigenvalue weighted by Gasteiger charge is -2.27. The number of sulfone groups is 1. The molecule has 0 aliphatic heterocycles.